The summed E-state index contributed by atoms with van der Waals surface area (Å²) in [4.78, 5) is 21.0. The number of rotatable bonds is 6. The largest absolute Gasteiger partial charge is 0.481 e. The molecule has 0 amide bonds. The van der Waals surface area contributed by atoms with Crippen molar-refractivity contribution in [2.45, 2.75) is 18.8 Å². The molecular weight excluding hydrogens is 330 g/mol. The van der Waals surface area contributed by atoms with E-state index in [-0.39, 0.29) is 18.1 Å². The van der Waals surface area contributed by atoms with Crippen molar-refractivity contribution in [3.8, 4) is 0 Å². The molecule has 6 heteroatoms. The monoisotopic (exact) mass is 348 g/mol. The Labute approximate surface area is 144 Å². The van der Waals surface area contributed by atoms with Crippen LogP contribution in [-0.2, 0) is 16.0 Å². The molecule has 0 fully saturated rings. The molecule has 0 radical (unpaired) electrons. The van der Waals surface area contributed by atoms with Crippen molar-refractivity contribution in [1.29, 1.82) is 0 Å². The van der Waals surface area contributed by atoms with Gasteiger partial charge in [0.25, 0.3) is 0 Å². The number of allylic oxidation sites excluding steroid dienone is 1. The Kier molecular flexibility index (Phi) is 7.99. The Bertz CT molecular complexity index is 709. The zero-order valence-electron chi connectivity index (χ0n) is 13.4. The zero-order valence-corrected chi connectivity index (χ0v) is 13.4. The van der Waals surface area contributed by atoms with Crippen molar-refractivity contribution in [1.82, 2.24) is 0 Å². The lowest BCUT2D eigenvalue weighted by Gasteiger charge is -2.09. The molecule has 2 aromatic carbocycles. The van der Waals surface area contributed by atoms with Crippen molar-refractivity contribution >= 4 is 11.9 Å². The smallest absolute Gasteiger partial charge is 0.311 e. The highest BCUT2D eigenvalue weighted by Crippen LogP contribution is 2.20. The van der Waals surface area contributed by atoms with Gasteiger partial charge in [-0.05, 0) is 41.8 Å². The van der Waals surface area contributed by atoms with Gasteiger partial charge in [-0.2, -0.15) is 0 Å². The standard InChI is InChI=1S/C11H11FO2.C8H7FO2/c1-2-3-10(11(13)14)8-4-6-9(12)7-5-8;9-7-3-1-6(2-4-7)5-8(10)11/h2,4-7,10H,1,3H2,(H,13,14);1-4H,5H2,(H,10,11). The van der Waals surface area contributed by atoms with Gasteiger partial charge in [-0.3, -0.25) is 9.59 Å². The normalized spacial score (nSPS) is 11.0. The first-order valence-electron chi connectivity index (χ1n) is 7.39. The maximum atomic E-state index is 12.6. The van der Waals surface area contributed by atoms with Crippen LogP contribution >= 0.6 is 0 Å². The average Bonchev–Trinajstić information content (AvgIpc) is 2.56. The summed E-state index contributed by atoms with van der Waals surface area (Å²) in [6.07, 6.45) is 1.84. The van der Waals surface area contributed by atoms with Crippen LogP contribution in [0.3, 0.4) is 0 Å². The fourth-order valence-electron chi connectivity index (χ4n) is 2.02. The summed E-state index contributed by atoms with van der Waals surface area (Å²) in [7, 11) is 0. The van der Waals surface area contributed by atoms with Crippen LogP contribution in [0.1, 0.15) is 23.5 Å². The molecule has 1 atom stereocenters. The van der Waals surface area contributed by atoms with E-state index in [2.05, 4.69) is 6.58 Å². The van der Waals surface area contributed by atoms with Gasteiger partial charge in [0, 0.05) is 0 Å². The average molecular weight is 348 g/mol. The number of carbonyl (C=O) groups is 2. The first kappa shape index (κ1) is 20.0. The summed E-state index contributed by atoms with van der Waals surface area (Å²) in [5.74, 6) is -3.17. The van der Waals surface area contributed by atoms with Crippen LogP contribution in [0.25, 0.3) is 0 Å². The SMILES string of the molecule is C=CCC(C(=O)O)c1ccc(F)cc1.O=C(O)Cc1ccc(F)cc1. The van der Waals surface area contributed by atoms with E-state index in [1.165, 1.54) is 48.5 Å². The molecule has 0 saturated heterocycles. The topological polar surface area (TPSA) is 74.6 Å². The molecule has 2 aromatic rings. The highest BCUT2D eigenvalue weighted by molar-refractivity contribution is 5.76. The van der Waals surface area contributed by atoms with Gasteiger partial charge in [0.15, 0.2) is 0 Å². The molecule has 0 bridgehead atoms. The molecule has 0 spiro atoms. The molecule has 0 aliphatic carbocycles. The second kappa shape index (κ2) is 9.97. The molecule has 0 aliphatic heterocycles. The van der Waals surface area contributed by atoms with Crippen LogP contribution in [0.15, 0.2) is 61.2 Å². The van der Waals surface area contributed by atoms with E-state index in [1.54, 1.807) is 6.08 Å². The van der Waals surface area contributed by atoms with Crippen molar-refractivity contribution < 1.29 is 28.6 Å². The summed E-state index contributed by atoms with van der Waals surface area (Å²) in [6.45, 7) is 3.49. The lowest BCUT2D eigenvalue weighted by molar-refractivity contribution is -0.139. The van der Waals surface area contributed by atoms with E-state index in [0.717, 1.165) is 0 Å². The molecule has 0 aromatic heterocycles. The van der Waals surface area contributed by atoms with Gasteiger partial charge in [0.2, 0.25) is 0 Å². The number of aliphatic carboxylic acids is 2. The van der Waals surface area contributed by atoms with Crippen LogP contribution in [0.4, 0.5) is 8.78 Å². The molecule has 25 heavy (non-hydrogen) atoms. The van der Waals surface area contributed by atoms with E-state index < -0.39 is 17.9 Å². The highest BCUT2D eigenvalue weighted by atomic mass is 19.1. The summed E-state index contributed by atoms with van der Waals surface area (Å²) >= 11 is 0. The summed E-state index contributed by atoms with van der Waals surface area (Å²) in [5.41, 5.74) is 1.21. The predicted molar refractivity (Wildman–Crippen MR) is 89.3 cm³/mol. The minimum Gasteiger partial charge on any atom is -0.481 e. The van der Waals surface area contributed by atoms with E-state index in [9.17, 15) is 18.4 Å². The molecule has 132 valence electrons. The molecule has 4 nitrogen and oxygen atoms in total. The van der Waals surface area contributed by atoms with E-state index in [1.807, 2.05) is 0 Å². The second-order valence-electron chi connectivity index (χ2n) is 5.16. The minimum atomic E-state index is -0.920. The predicted octanol–water partition coefficient (Wildman–Crippen LogP) is 4.02. The highest BCUT2D eigenvalue weighted by Gasteiger charge is 2.17. The lowest BCUT2D eigenvalue weighted by atomic mass is 9.96. The van der Waals surface area contributed by atoms with Gasteiger partial charge in [-0.15, -0.1) is 6.58 Å². The molecule has 0 saturated carbocycles. The first-order valence-corrected chi connectivity index (χ1v) is 7.39. The zero-order chi connectivity index (χ0) is 18.8. The van der Waals surface area contributed by atoms with Gasteiger partial charge in [0.05, 0.1) is 12.3 Å². The molecule has 0 heterocycles. The van der Waals surface area contributed by atoms with Crippen LogP contribution in [0, 0.1) is 11.6 Å². The molecule has 0 aliphatic rings. The summed E-state index contributed by atoms with van der Waals surface area (Å²) in [5, 5.41) is 17.2. The molecular formula is C19H18F2O4. The van der Waals surface area contributed by atoms with Crippen molar-refractivity contribution in [3.05, 3.63) is 83.9 Å². The number of benzene rings is 2. The number of hydrogen-bond donors (Lipinski definition) is 2. The Balaban J connectivity index is 0.000000257. The van der Waals surface area contributed by atoms with Crippen LogP contribution < -0.4 is 0 Å². The number of carboxylic acids is 2. The van der Waals surface area contributed by atoms with Crippen LogP contribution in [-0.4, -0.2) is 22.2 Å². The minimum absolute atomic E-state index is 0.0553. The third kappa shape index (κ3) is 7.39. The maximum Gasteiger partial charge on any atom is 0.311 e. The Morgan fingerprint density at radius 3 is 1.84 bits per heavy atom. The van der Waals surface area contributed by atoms with E-state index in [0.29, 0.717) is 17.5 Å². The van der Waals surface area contributed by atoms with Crippen molar-refractivity contribution in [2.75, 3.05) is 0 Å². The molecule has 1 unspecified atom stereocenters. The van der Waals surface area contributed by atoms with Crippen molar-refractivity contribution in [3.63, 3.8) is 0 Å². The fourth-order valence-corrected chi connectivity index (χ4v) is 2.02. The Hall–Kier alpha value is -3.02. The first-order chi connectivity index (χ1) is 11.8. The van der Waals surface area contributed by atoms with Crippen molar-refractivity contribution in [2.24, 2.45) is 0 Å². The maximum absolute atomic E-state index is 12.6. The Morgan fingerprint density at radius 2 is 1.44 bits per heavy atom. The Morgan fingerprint density at radius 1 is 0.960 bits per heavy atom. The van der Waals surface area contributed by atoms with Gasteiger partial charge >= 0.3 is 11.9 Å². The van der Waals surface area contributed by atoms with Gasteiger partial charge in [-0.1, -0.05) is 30.3 Å². The number of carboxylic acid groups (broad SMARTS) is 2. The van der Waals surface area contributed by atoms with Gasteiger partial charge in [0.1, 0.15) is 11.6 Å². The van der Waals surface area contributed by atoms with Gasteiger partial charge < -0.3 is 10.2 Å². The molecule has 2 N–H and O–H groups in total. The summed E-state index contributed by atoms with van der Waals surface area (Å²) < 4.78 is 24.8. The second-order valence-corrected chi connectivity index (χ2v) is 5.16. The number of halogens is 2. The van der Waals surface area contributed by atoms with Crippen LogP contribution in [0.5, 0.6) is 0 Å². The number of hydrogen-bond acceptors (Lipinski definition) is 2. The third-order valence-corrected chi connectivity index (χ3v) is 3.24. The van der Waals surface area contributed by atoms with Gasteiger partial charge in [-0.25, -0.2) is 8.78 Å². The van der Waals surface area contributed by atoms with E-state index >= 15 is 0 Å². The van der Waals surface area contributed by atoms with Crippen LogP contribution in [0.2, 0.25) is 0 Å². The third-order valence-electron chi connectivity index (χ3n) is 3.24. The summed E-state index contributed by atoms with van der Waals surface area (Å²) in [6, 6.07) is 10.9. The lowest BCUT2D eigenvalue weighted by Crippen LogP contribution is -2.10. The molecule has 2 rings (SSSR count). The fraction of sp³-hybridized carbons (Fsp3) is 0.158. The quantitative estimate of drug-likeness (QED) is 0.773. The van der Waals surface area contributed by atoms with E-state index in [4.69, 9.17) is 10.2 Å².